The van der Waals surface area contributed by atoms with E-state index in [4.69, 9.17) is 5.26 Å². The van der Waals surface area contributed by atoms with Crippen molar-refractivity contribution in [3.63, 3.8) is 0 Å². The molecule has 2 amide bonds. The lowest BCUT2D eigenvalue weighted by Crippen LogP contribution is -2.42. The fourth-order valence-electron chi connectivity index (χ4n) is 3.94. The number of nitrogens with zero attached hydrogens (tertiary/aromatic N) is 4. The van der Waals surface area contributed by atoms with Gasteiger partial charge in [0.25, 0.3) is 0 Å². The van der Waals surface area contributed by atoms with E-state index in [0.717, 1.165) is 55.1 Å². The Labute approximate surface area is 190 Å². The summed E-state index contributed by atoms with van der Waals surface area (Å²) in [5, 5.41) is 11.9. The lowest BCUT2D eigenvalue weighted by atomic mass is 10.1. The summed E-state index contributed by atoms with van der Waals surface area (Å²) in [6, 6.07) is 15.6. The second-order valence-corrected chi connectivity index (χ2v) is 8.34. The smallest absolute Gasteiger partial charge is 0.243 e. The molecule has 0 spiro atoms. The minimum atomic E-state index is -0.193. The van der Waals surface area contributed by atoms with E-state index in [-0.39, 0.29) is 18.4 Å². The van der Waals surface area contributed by atoms with Gasteiger partial charge in [-0.3, -0.25) is 14.5 Å². The summed E-state index contributed by atoms with van der Waals surface area (Å²) in [7, 11) is 1.67. The lowest BCUT2D eigenvalue weighted by molar-refractivity contribution is -0.134. The summed E-state index contributed by atoms with van der Waals surface area (Å²) in [6.45, 7) is 7.57. The average Bonchev–Trinajstić information content (AvgIpc) is 3.02. The fourth-order valence-corrected chi connectivity index (χ4v) is 3.94. The number of carbonyl (C=O) groups is 2. The maximum atomic E-state index is 12.7. The van der Waals surface area contributed by atoms with E-state index in [1.54, 1.807) is 7.05 Å². The summed E-state index contributed by atoms with van der Waals surface area (Å²) >= 11 is 0. The molecular weight excluding hydrogens is 402 g/mol. The van der Waals surface area contributed by atoms with Crippen molar-refractivity contribution in [2.24, 2.45) is 0 Å². The SMILES string of the molecule is Cc1cccc(C)c1NC(=O)CN(C)C(=O)CN1CCCN(c2ccc(C#N)cc2)CC1. The molecule has 7 nitrogen and oxygen atoms in total. The van der Waals surface area contributed by atoms with Gasteiger partial charge in [-0.2, -0.15) is 5.26 Å². The molecule has 1 saturated heterocycles. The first kappa shape index (κ1) is 23.3. The van der Waals surface area contributed by atoms with Crippen molar-refractivity contribution in [3.8, 4) is 6.07 Å². The first-order valence-electron chi connectivity index (χ1n) is 10.9. The number of amides is 2. The third-order valence-corrected chi connectivity index (χ3v) is 5.86. The molecule has 0 aliphatic carbocycles. The number of benzene rings is 2. The van der Waals surface area contributed by atoms with Gasteiger partial charge in [-0.05, 0) is 55.7 Å². The van der Waals surface area contributed by atoms with E-state index in [2.05, 4.69) is 21.2 Å². The highest BCUT2D eigenvalue weighted by atomic mass is 16.2. The first-order valence-corrected chi connectivity index (χ1v) is 10.9. The van der Waals surface area contributed by atoms with Crippen LogP contribution in [0.4, 0.5) is 11.4 Å². The van der Waals surface area contributed by atoms with Crippen LogP contribution in [0.1, 0.15) is 23.1 Å². The number of aryl methyl sites for hydroxylation is 2. The molecule has 0 unspecified atom stereocenters. The van der Waals surface area contributed by atoms with Crippen molar-refractivity contribution in [2.75, 3.05) is 56.5 Å². The number of anilines is 2. The van der Waals surface area contributed by atoms with Gasteiger partial charge < -0.3 is 15.1 Å². The molecular formula is C25H31N5O2. The molecule has 1 N–H and O–H groups in total. The Morgan fingerprint density at radius 2 is 1.72 bits per heavy atom. The van der Waals surface area contributed by atoms with E-state index >= 15 is 0 Å². The molecule has 7 heteroatoms. The van der Waals surface area contributed by atoms with Crippen LogP contribution in [-0.4, -0.2) is 67.9 Å². The molecule has 168 valence electrons. The normalized spacial score (nSPS) is 14.4. The minimum absolute atomic E-state index is 0.0256. The highest BCUT2D eigenvalue weighted by Gasteiger charge is 2.20. The molecule has 2 aromatic carbocycles. The van der Waals surface area contributed by atoms with E-state index in [1.165, 1.54) is 4.90 Å². The maximum Gasteiger partial charge on any atom is 0.243 e. The number of rotatable bonds is 6. The molecule has 32 heavy (non-hydrogen) atoms. The quantitative estimate of drug-likeness (QED) is 0.758. The zero-order chi connectivity index (χ0) is 23.1. The first-order chi connectivity index (χ1) is 15.4. The van der Waals surface area contributed by atoms with Gasteiger partial charge in [0.15, 0.2) is 0 Å². The van der Waals surface area contributed by atoms with Crippen LogP contribution < -0.4 is 10.2 Å². The number of hydrogen-bond donors (Lipinski definition) is 1. The number of nitrogens with one attached hydrogen (secondary N) is 1. The van der Waals surface area contributed by atoms with Crippen LogP contribution in [0, 0.1) is 25.2 Å². The molecule has 0 saturated carbocycles. The van der Waals surface area contributed by atoms with Crippen molar-refractivity contribution in [2.45, 2.75) is 20.3 Å². The summed E-state index contributed by atoms with van der Waals surface area (Å²) < 4.78 is 0. The molecule has 0 aromatic heterocycles. The molecule has 0 radical (unpaired) electrons. The summed E-state index contributed by atoms with van der Waals surface area (Å²) in [6.07, 6.45) is 0.948. The number of para-hydroxylation sites is 1. The van der Waals surface area contributed by atoms with Gasteiger partial charge in [-0.25, -0.2) is 0 Å². The van der Waals surface area contributed by atoms with Crippen molar-refractivity contribution < 1.29 is 9.59 Å². The molecule has 3 rings (SSSR count). The standard InChI is InChI=1S/C25H31N5O2/c1-19-6-4-7-20(2)25(19)27-23(31)17-28(3)24(32)18-29-12-5-13-30(15-14-29)22-10-8-21(16-26)9-11-22/h4,6-11H,5,12-15,17-18H2,1-3H3,(H,27,31). The number of nitriles is 1. The van der Waals surface area contributed by atoms with Crippen LogP contribution >= 0.6 is 0 Å². The van der Waals surface area contributed by atoms with Crippen molar-refractivity contribution in [3.05, 3.63) is 59.2 Å². The Hall–Kier alpha value is -3.37. The van der Waals surface area contributed by atoms with Crippen LogP contribution in [0.25, 0.3) is 0 Å². The molecule has 1 heterocycles. The van der Waals surface area contributed by atoms with Crippen LogP contribution in [-0.2, 0) is 9.59 Å². The zero-order valence-electron chi connectivity index (χ0n) is 19.1. The Morgan fingerprint density at radius 1 is 1.03 bits per heavy atom. The number of hydrogen-bond acceptors (Lipinski definition) is 5. The monoisotopic (exact) mass is 433 g/mol. The molecule has 0 bridgehead atoms. The average molecular weight is 434 g/mol. The Morgan fingerprint density at radius 3 is 2.38 bits per heavy atom. The third kappa shape index (κ3) is 6.08. The number of carbonyl (C=O) groups excluding carboxylic acids is 2. The molecule has 1 fully saturated rings. The molecule has 1 aliphatic rings. The van der Waals surface area contributed by atoms with Crippen molar-refractivity contribution in [1.82, 2.24) is 9.80 Å². The second-order valence-electron chi connectivity index (χ2n) is 8.34. The largest absolute Gasteiger partial charge is 0.370 e. The predicted octanol–water partition coefficient (Wildman–Crippen LogP) is 2.78. The summed E-state index contributed by atoms with van der Waals surface area (Å²) in [5.74, 6) is -0.255. The van der Waals surface area contributed by atoms with E-state index in [9.17, 15) is 9.59 Å². The zero-order valence-corrected chi connectivity index (χ0v) is 19.1. The van der Waals surface area contributed by atoms with E-state index in [1.807, 2.05) is 56.3 Å². The third-order valence-electron chi connectivity index (χ3n) is 5.86. The fraction of sp³-hybridized carbons (Fsp3) is 0.400. The van der Waals surface area contributed by atoms with Gasteiger partial charge in [0.05, 0.1) is 24.7 Å². The summed E-state index contributed by atoms with van der Waals surface area (Å²) in [5.41, 5.74) is 4.57. The van der Waals surface area contributed by atoms with Gasteiger partial charge in [-0.15, -0.1) is 0 Å². The van der Waals surface area contributed by atoms with Gasteiger partial charge in [0.2, 0.25) is 11.8 Å². The topological polar surface area (TPSA) is 79.7 Å². The summed E-state index contributed by atoms with van der Waals surface area (Å²) in [4.78, 5) is 31.1. The second kappa shape index (κ2) is 10.8. The van der Waals surface area contributed by atoms with Crippen LogP contribution in [0.5, 0.6) is 0 Å². The van der Waals surface area contributed by atoms with E-state index < -0.39 is 0 Å². The highest BCUT2D eigenvalue weighted by molar-refractivity contribution is 5.95. The lowest BCUT2D eigenvalue weighted by Gasteiger charge is -2.25. The van der Waals surface area contributed by atoms with Crippen LogP contribution in [0.3, 0.4) is 0 Å². The van der Waals surface area contributed by atoms with Gasteiger partial charge in [0, 0.05) is 44.6 Å². The molecule has 2 aromatic rings. The highest BCUT2D eigenvalue weighted by Crippen LogP contribution is 2.19. The Kier molecular flexibility index (Phi) is 7.85. The van der Waals surface area contributed by atoms with Gasteiger partial charge >= 0.3 is 0 Å². The Bertz CT molecular complexity index is 976. The van der Waals surface area contributed by atoms with Gasteiger partial charge in [0.1, 0.15) is 0 Å². The van der Waals surface area contributed by atoms with Crippen LogP contribution in [0.2, 0.25) is 0 Å². The van der Waals surface area contributed by atoms with Crippen molar-refractivity contribution >= 4 is 23.2 Å². The molecule has 0 atom stereocenters. The van der Waals surface area contributed by atoms with Crippen LogP contribution in [0.15, 0.2) is 42.5 Å². The van der Waals surface area contributed by atoms with Gasteiger partial charge in [-0.1, -0.05) is 18.2 Å². The predicted molar refractivity (Wildman–Crippen MR) is 127 cm³/mol. The maximum absolute atomic E-state index is 12.7. The minimum Gasteiger partial charge on any atom is -0.370 e. The van der Waals surface area contributed by atoms with E-state index in [0.29, 0.717) is 12.1 Å². The van der Waals surface area contributed by atoms with Crippen molar-refractivity contribution in [1.29, 1.82) is 5.26 Å². The Balaban J connectivity index is 1.49. The number of likely N-dealkylation sites (N-methyl/N-ethyl adjacent to an activating group) is 1. The molecule has 1 aliphatic heterocycles.